The van der Waals surface area contributed by atoms with Gasteiger partial charge in [-0.05, 0) is 39.0 Å². The van der Waals surface area contributed by atoms with E-state index >= 15 is 0 Å². The van der Waals surface area contributed by atoms with Crippen molar-refractivity contribution in [3.8, 4) is 0 Å². The van der Waals surface area contributed by atoms with Crippen molar-refractivity contribution in [1.82, 2.24) is 53.2 Å². The average Bonchev–Trinajstić information content (AvgIpc) is 3.63. The minimum atomic E-state index is -0.252. The van der Waals surface area contributed by atoms with Crippen LogP contribution in [0.3, 0.4) is 0 Å². The maximum Gasteiger partial charge on any atom is 0.120 e. The summed E-state index contributed by atoms with van der Waals surface area (Å²) in [5, 5.41) is 0. The number of piperazine rings is 3. The van der Waals surface area contributed by atoms with E-state index in [0.29, 0.717) is 0 Å². The normalized spacial score (nSPS) is 31.5. The lowest BCUT2D eigenvalue weighted by Crippen LogP contribution is -2.71. The van der Waals surface area contributed by atoms with Crippen LogP contribution < -0.4 is 0 Å². The fourth-order valence-corrected chi connectivity index (χ4v) is 12.2. The third kappa shape index (κ3) is 13.5. The second-order valence-electron chi connectivity index (χ2n) is 16.6. The molecule has 0 N–H and O–H groups in total. The summed E-state index contributed by atoms with van der Waals surface area (Å²) in [6.07, 6.45) is 10.4. The van der Waals surface area contributed by atoms with E-state index in [4.69, 9.17) is 0 Å². The second-order valence-corrected chi connectivity index (χ2v) is 18.8. The molecule has 11 aliphatic heterocycles. The molecule has 318 valence electrons. The van der Waals surface area contributed by atoms with Crippen LogP contribution in [0.2, 0.25) is 0 Å². The van der Waals surface area contributed by atoms with Crippen molar-refractivity contribution in [3.63, 3.8) is 0 Å². The van der Waals surface area contributed by atoms with Crippen molar-refractivity contribution in [2.45, 2.75) is 106 Å². The van der Waals surface area contributed by atoms with Crippen molar-refractivity contribution in [2.24, 2.45) is 9.98 Å². The number of nitrogens with zero attached hydrogens (tertiary/aromatic N) is 13. The Morgan fingerprint density at radius 2 is 0.873 bits per heavy atom. The molecule has 11 aliphatic rings. The molecule has 11 rings (SSSR count). The standard InChI is InChI=1S/C12H30N3P.C10H18N2.C7H12N2.C6H12N4.C6H12N2/c1-7-13(8-2)16(14(9-3)10-4)15(11-5)12-6;1-9-5-2-3-6-10-11-7-4-8-12(9)10;1-3-7-8-4-2-6-9(7)5-1;1-7-2-9-4-8(1)5-10(3-7)6-9;1-2-8-5-3-7(1)4-6-8/h7-12H2,1-6H3;9H,2-8H2,1H3;1-6H2;1-6H2;1-6H2. The van der Waals surface area contributed by atoms with Crippen molar-refractivity contribution >= 4 is 20.0 Å². The molecule has 0 aromatic carbocycles. The van der Waals surface area contributed by atoms with E-state index in [1.54, 1.807) is 0 Å². The molecule has 9 saturated heterocycles. The quantitative estimate of drug-likeness (QED) is 0.304. The number of hydrogen-bond donors (Lipinski definition) is 0. The molecule has 55 heavy (non-hydrogen) atoms. The largest absolute Gasteiger partial charge is 0.360 e. The maximum absolute atomic E-state index is 4.60. The molecule has 6 bridgehead atoms. The summed E-state index contributed by atoms with van der Waals surface area (Å²) in [6, 6.07) is 0.742. The summed E-state index contributed by atoms with van der Waals surface area (Å²) in [4.78, 5) is 28.9. The van der Waals surface area contributed by atoms with Gasteiger partial charge in [0.2, 0.25) is 0 Å². The SMILES string of the molecule is C1CN2CCN1CC2.C1CN=C2CCCN2C1.C1N2CN3CN1CN(C2)C3.CC1CCCCC2=NCCCN21.CCN(CC)P(N(CC)CC)N(CC)CC. The molecule has 0 saturated carbocycles. The van der Waals surface area contributed by atoms with E-state index in [1.807, 2.05) is 0 Å². The zero-order chi connectivity index (χ0) is 39.0. The predicted octanol–water partition coefficient (Wildman–Crippen LogP) is 4.77. The van der Waals surface area contributed by atoms with Crippen molar-refractivity contribution in [3.05, 3.63) is 0 Å². The molecule has 1 unspecified atom stereocenters. The lowest BCUT2D eigenvalue weighted by atomic mass is 10.1. The first kappa shape index (κ1) is 45.1. The van der Waals surface area contributed by atoms with Gasteiger partial charge in [0.15, 0.2) is 0 Å². The van der Waals surface area contributed by atoms with E-state index in [2.05, 4.69) is 112 Å². The van der Waals surface area contributed by atoms with Crippen LogP contribution in [0.4, 0.5) is 0 Å². The third-order valence-corrected chi connectivity index (χ3v) is 15.8. The first-order valence-electron chi connectivity index (χ1n) is 22.9. The molecule has 0 amide bonds. The van der Waals surface area contributed by atoms with Gasteiger partial charge in [-0.25, -0.2) is 0 Å². The van der Waals surface area contributed by atoms with Gasteiger partial charge in [0.1, 0.15) is 8.37 Å². The van der Waals surface area contributed by atoms with Crippen LogP contribution in [0.5, 0.6) is 0 Å². The summed E-state index contributed by atoms with van der Waals surface area (Å²) < 4.78 is 7.82. The minimum absolute atomic E-state index is 0.252. The van der Waals surface area contributed by atoms with Crippen molar-refractivity contribution in [2.75, 3.05) is 151 Å². The van der Waals surface area contributed by atoms with Gasteiger partial charge in [0.05, 0.1) is 51.7 Å². The molecule has 0 aliphatic carbocycles. The van der Waals surface area contributed by atoms with Crippen LogP contribution >= 0.6 is 8.37 Å². The maximum atomic E-state index is 4.60. The zero-order valence-corrected chi connectivity index (χ0v) is 37.7. The summed E-state index contributed by atoms with van der Waals surface area (Å²) in [5.74, 6) is 2.77. The lowest BCUT2D eigenvalue weighted by Gasteiger charge is -2.56. The zero-order valence-electron chi connectivity index (χ0n) is 36.8. The molecule has 9 fully saturated rings. The Labute approximate surface area is 339 Å². The minimum Gasteiger partial charge on any atom is -0.360 e. The van der Waals surface area contributed by atoms with Gasteiger partial charge in [-0.1, -0.05) is 48.0 Å². The molecule has 0 aromatic heterocycles. The number of hydrogen-bond acceptors (Lipinski definition) is 13. The number of amidine groups is 2. The van der Waals surface area contributed by atoms with Crippen LogP contribution in [0.25, 0.3) is 0 Å². The summed E-state index contributed by atoms with van der Waals surface area (Å²) in [7, 11) is -0.252. The molecule has 11 heterocycles. The van der Waals surface area contributed by atoms with Gasteiger partial charge in [0.25, 0.3) is 0 Å². The van der Waals surface area contributed by atoms with Crippen LogP contribution in [-0.4, -0.2) is 222 Å². The highest BCUT2D eigenvalue weighted by molar-refractivity contribution is 7.50. The molecular formula is C41H84N13P. The molecular weight excluding hydrogens is 706 g/mol. The highest BCUT2D eigenvalue weighted by Crippen LogP contribution is 2.47. The molecule has 13 nitrogen and oxygen atoms in total. The van der Waals surface area contributed by atoms with Gasteiger partial charge < -0.3 is 9.80 Å². The van der Waals surface area contributed by atoms with Gasteiger partial charge in [-0.3, -0.25) is 53.4 Å². The summed E-state index contributed by atoms with van der Waals surface area (Å²) in [6.45, 7) is 43.8. The molecule has 0 aromatic rings. The average molecular weight is 790 g/mol. The van der Waals surface area contributed by atoms with E-state index in [-0.39, 0.29) is 8.37 Å². The number of aliphatic imine (C=N–C) groups is 2. The molecule has 14 heteroatoms. The highest BCUT2D eigenvalue weighted by Gasteiger charge is 2.36. The van der Waals surface area contributed by atoms with Gasteiger partial charge in [-0.15, -0.1) is 0 Å². The van der Waals surface area contributed by atoms with Crippen LogP contribution in [0.15, 0.2) is 9.98 Å². The Bertz CT molecular complexity index is 1010. The lowest BCUT2D eigenvalue weighted by molar-refractivity contribution is -0.194. The highest BCUT2D eigenvalue weighted by atomic mass is 31.2. The number of fused-ring (bicyclic) bond motifs is 5. The Hall–Kier alpha value is -0.990. The van der Waals surface area contributed by atoms with Crippen molar-refractivity contribution in [1.29, 1.82) is 0 Å². The first-order valence-corrected chi connectivity index (χ1v) is 24.1. The predicted molar refractivity (Wildman–Crippen MR) is 234 cm³/mol. The first-order chi connectivity index (χ1) is 26.9. The van der Waals surface area contributed by atoms with E-state index in [9.17, 15) is 0 Å². The fourth-order valence-electron chi connectivity index (χ4n) is 9.57. The van der Waals surface area contributed by atoms with E-state index < -0.39 is 0 Å². The Kier molecular flexibility index (Phi) is 19.8. The van der Waals surface area contributed by atoms with Gasteiger partial charge in [-0.2, -0.15) is 0 Å². The van der Waals surface area contributed by atoms with Crippen LogP contribution in [0.1, 0.15) is 99.8 Å². The van der Waals surface area contributed by atoms with Crippen LogP contribution in [-0.2, 0) is 0 Å². The van der Waals surface area contributed by atoms with E-state index in [1.165, 1.54) is 162 Å². The molecule has 1 atom stereocenters. The number of rotatable bonds is 9. The van der Waals surface area contributed by atoms with Gasteiger partial charge >= 0.3 is 0 Å². The van der Waals surface area contributed by atoms with Crippen molar-refractivity contribution < 1.29 is 0 Å². The molecule has 0 spiro atoms. The monoisotopic (exact) mass is 790 g/mol. The van der Waals surface area contributed by atoms with E-state index in [0.717, 1.165) is 58.4 Å². The Balaban J connectivity index is 0.000000134. The Morgan fingerprint density at radius 1 is 0.473 bits per heavy atom. The fraction of sp³-hybridized carbons (Fsp3) is 0.951. The smallest absolute Gasteiger partial charge is 0.120 e. The summed E-state index contributed by atoms with van der Waals surface area (Å²) in [5.41, 5.74) is 0. The van der Waals surface area contributed by atoms with Crippen LogP contribution in [0, 0.1) is 0 Å². The van der Waals surface area contributed by atoms with Gasteiger partial charge in [0, 0.05) is 130 Å². The second kappa shape index (κ2) is 24.2. The Morgan fingerprint density at radius 3 is 1.29 bits per heavy atom. The third-order valence-electron chi connectivity index (χ3n) is 12.6. The summed E-state index contributed by atoms with van der Waals surface area (Å²) >= 11 is 0. The molecule has 0 radical (unpaired) electrons. The topological polar surface area (TPSA) is 60.4 Å².